The van der Waals surface area contributed by atoms with Gasteiger partial charge in [-0.2, -0.15) is 0 Å². The molecule has 8 aromatic rings. The maximum absolute atomic E-state index is 6.75. The Kier molecular flexibility index (Phi) is 5.39. The van der Waals surface area contributed by atoms with E-state index in [0.717, 1.165) is 61.6 Å². The van der Waals surface area contributed by atoms with Gasteiger partial charge >= 0.3 is 0 Å². The van der Waals surface area contributed by atoms with Crippen LogP contribution >= 0.6 is 0 Å². The highest BCUT2D eigenvalue weighted by atomic mass is 16.3. The van der Waals surface area contributed by atoms with Gasteiger partial charge in [-0.3, -0.25) is 0 Å². The van der Waals surface area contributed by atoms with Crippen LogP contribution < -0.4 is 0 Å². The Balaban J connectivity index is 1.21. The standard InChI is InChI=1S/C42H29N3O2/c1-42(2)31-17-8-6-14-27(31)36-32(42)20-22-35-37(36)28-15-10-16-29(38(28)47-35)41-44-39(24-11-4-3-5-12-24)43-40(45-41)25-19-21-34-30(23-25)26-13-7-9-18-33(26)46-34/h3-13,15-23,27H,14H2,1-2H3. The van der Waals surface area contributed by atoms with Crippen molar-refractivity contribution < 1.29 is 8.83 Å². The van der Waals surface area contributed by atoms with E-state index in [1.165, 1.54) is 22.1 Å². The van der Waals surface area contributed by atoms with Crippen molar-refractivity contribution in [3.63, 3.8) is 0 Å². The van der Waals surface area contributed by atoms with Gasteiger partial charge in [-0.05, 0) is 53.9 Å². The van der Waals surface area contributed by atoms with E-state index in [9.17, 15) is 0 Å². The number of benzene rings is 5. The molecular weight excluding hydrogens is 578 g/mol. The van der Waals surface area contributed by atoms with Gasteiger partial charge in [0, 0.05) is 44.0 Å². The summed E-state index contributed by atoms with van der Waals surface area (Å²) in [6.45, 7) is 4.69. The molecule has 3 heterocycles. The molecule has 2 aliphatic rings. The molecule has 0 fully saturated rings. The second-order valence-electron chi connectivity index (χ2n) is 13.1. The van der Waals surface area contributed by atoms with Crippen LogP contribution in [0.3, 0.4) is 0 Å². The summed E-state index contributed by atoms with van der Waals surface area (Å²) in [5.41, 5.74) is 10.3. The third-order valence-corrected chi connectivity index (χ3v) is 10.1. The number of hydrogen-bond donors (Lipinski definition) is 0. The SMILES string of the molecule is CC1(C)C2=CC=CCC2c2c1ccc1oc3c(-c4nc(-c5ccccc5)nc(-c5ccc6oc7ccccc7c6c5)n4)cccc3c21. The monoisotopic (exact) mass is 607 g/mol. The van der Waals surface area contributed by atoms with Crippen LogP contribution in [0, 0.1) is 0 Å². The highest BCUT2D eigenvalue weighted by Gasteiger charge is 2.43. The molecule has 10 rings (SSSR count). The number of para-hydroxylation sites is 2. The lowest BCUT2D eigenvalue weighted by atomic mass is 9.79. The molecule has 0 saturated heterocycles. The quantitative estimate of drug-likeness (QED) is 0.200. The number of nitrogens with zero attached hydrogens (tertiary/aromatic N) is 3. The molecule has 5 heteroatoms. The summed E-state index contributed by atoms with van der Waals surface area (Å²) in [6.07, 6.45) is 7.81. The maximum atomic E-state index is 6.75. The molecule has 224 valence electrons. The van der Waals surface area contributed by atoms with Gasteiger partial charge in [-0.15, -0.1) is 0 Å². The zero-order valence-electron chi connectivity index (χ0n) is 26.0. The summed E-state index contributed by atoms with van der Waals surface area (Å²) in [5, 5.41) is 4.39. The van der Waals surface area contributed by atoms with E-state index in [0.29, 0.717) is 23.4 Å². The Morgan fingerprint density at radius 1 is 0.638 bits per heavy atom. The lowest BCUT2D eigenvalue weighted by Gasteiger charge is -2.25. The maximum Gasteiger partial charge on any atom is 0.167 e. The first-order chi connectivity index (χ1) is 23.0. The second-order valence-corrected chi connectivity index (χ2v) is 13.1. The largest absolute Gasteiger partial charge is 0.456 e. The summed E-state index contributed by atoms with van der Waals surface area (Å²) in [6, 6.07) is 35.1. The molecule has 0 radical (unpaired) electrons. The Hall–Kier alpha value is -5.81. The van der Waals surface area contributed by atoms with E-state index in [1.54, 1.807) is 0 Å². The van der Waals surface area contributed by atoms with E-state index in [1.807, 2.05) is 60.7 Å². The molecule has 2 aliphatic carbocycles. The van der Waals surface area contributed by atoms with Crippen LogP contribution in [0.25, 0.3) is 78.0 Å². The first-order valence-corrected chi connectivity index (χ1v) is 16.1. The van der Waals surface area contributed by atoms with Gasteiger partial charge in [-0.1, -0.05) is 104 Å². The van der Waals surface area contributed by atoms with Gasteiger partial charge in [0.05, 0.1) is 5.56 Å². The average Bonchev–Trinajstić information content (AvgIpc) is 3.76. The molecule has 5 aromatic carbocycles. The topological polar surface area (TPSA) is 65.0 Å². The van der Waals surface area contributed by atoms with Gasteiger partial charge in [0.25, 0.3) is 0 Å². The fourth-order valence-electron chi connectivity index (χ4n) is 7.91. The van der Waals surface area contributed by atoms with Crippen LogP contribution in [0.5, 0.6) is 0 Å². The number of hydrogen-bond acceptors (Lipinski definition) is 5. The van der Waals surface area contributed by atoms with E-state index in [4.69, 9.17) is 23.8 Å². The highest BCUT2D eigenvalue weighted by molar-refractivity contribution is 6.12. The van der Waals surface area contributed by atoms with Gasteiger partial charge in [0.15, 0.2) is 17.5 Å². The summed E-state index contributed by atoms with van der Waals surface area (Å²) >= 11 is 0. The van der Waals surface area contributed by atoms with Crippen LogP contribution in [0.2, 0.25) is 0 Å². The van der Waals surface area contributed by atoms with E-state index in [2.05, 4.69) is 74.5 Å². The van der Waals surface area contributed by atoms with Crippen LogP contribution in [-0.2, 0) is 5.41 Å². The minimum Gasteiger partial charge on any atom is -0.456 e. The minimum absolute atomic E-state index is 0.0325. The predicted molar refractivity (Wildman–Crippen MR) is 188 cm³/mol. The van der Waals surface area contributed by atoms with Gasteiger partial charge < -0.3 is 8.83 Å². The Labute approximate surface area is 270 Å². The van der Waals surface area contributed by atoms with E-state index >= 15 is 0 Å². The average molecular weight is 608 g/mol. The molecule has 5 nitrogen and oxygen atoms in total. The van der Waals surface area contributed by atoms with Crippen LogP contribution in [0.15, 0.2) is 136 Å². The van der Waals surface area contributed by atoms with Crippen molar-refractivity contribution >= 4 is 43.9 Å². The zero-order chi connectivity index (χ0) is 31.3. The zero-order valence-corrected chi connectivity index (χ0v) is 26.0. The summed E-state index contributed by atoms with van der Waals surface area (Å²) in [7, 11) is 0. The number of rotatable bonds is 3. The molecule has 3 aromatic heterocycles. The lowest BCUT2D eigenvalue weighted by Crippen LogP contribution is -2.17. The number of allylic oxidation sites excluding steroid dienone is 4. The van der Waals surface area contributed by atoms with Crippen LogP contribution in [-0.4, -0.2) is 15.0 Å². The highest BCUT2D eigenvalue weighted by Crippen LogP contribution is 2.56. The molecular formula is C42H29N3O2. The van der Waals surface area contributed by atoms with Crippen LogP contribution in [0.1, 0.15) is 37.3 Å². The first kappa shape index (κ1) is 26.4. The van der Waals surface area contributed by atoms with Gasteiger partial charge in [0.2, 0.25) is 0 Å². The fourth-order valence-corrected chi connectivity index (χ4v) is 7.91. The third-order valence-electron chi connectivity index (χ3n) is 10.1. The molecule has 0 saturated carbocycles. The fraction of sp³-hybridized carbons (Fsp3) is 0.119. The van der Waals surface area contributed by atoms with Crippen molar-refractivity contribution in [2.45, 2.75) is 31.6 Å². The summed E-state index contributed by atoms with van der Waals surface area (Å²) in [5.74, 6) is 2.14. The Morgan fingerprint density at radius 2 is 1.38 bits per heavy atom. The Bertz CT molecular complexity index is 2640. The first-order valence-electron chi connectivity index (χ1n) is 16.1. The Morgan fingerprint density at radius 3 is 2.28 bits per heavy atom. The summed E-state index contributed by atoms with van der Waals surface area (Å²) < 4.78 is 12.9. The smallest absolute Gasteiger partial charge is 0.167 e. The molecule has 47 heavy (non-hydrogen) atoms. The third kappa shape index (κ3) is 3.80. The van der Waals surface area contributed by atoms with Crippen molar-refractivity contribution in [2.75, 3.05) is 0 Å². The number of furan rings is 2. The molecule has 0 N–H and O–H groups in total. The molecule has 0 spiro atoms. The molecule has 1 unspecified atom stereocenters. The van der Waals surface area contributed by atoms with Crippen molar-refractivity contribution in [2.24, 2.45) is 0 Å². The molecule has 0 aliphatic heterocycles. The van der Waals surface area contributed by atoms with Crippen LogP contribution in [0.4, 0.5) is 0 Å². The lowest BCUT2D eigenvalue weighted by molar-refractivity contribution is 0.612. The van der Waals surface area contributed by atoms with Gasteiger partial charge in [0.1, 0.15) is 22.3 Å². The van der Waals surface area contributed by atoms with E-state index in [-0.39, 0.29) is 5.41 Å². The molecule has 1 atom stereocenters. The summed E-state index contributed by atoms with van der Waals surface area (Å²) in [4.78, 5) is 15.2. The molecule has 0 amide bonds. The van der Waals surface area contributed by atoms with Crippen molar-refractivity contribution in [1.82, 2.24) is 15.0 Å². The molecule has 0 bridgehead atoms. The van der Waals surface area contributed by atoms with Crippen molar-refractivity contribution in [3.05, 3.63) is 138 Å². The van der Waals surface area contributed by atoms with Gasteiger partial charge in [-0.25, -0.2) is 15.0 Å². The van der Waals surface area contributed by atoms with E-state index < -0.39 is 0 Å². The minimum atomic E-state index is -0.0325. The predicted octanol–water partition coefficient (Wildman–Crippen LogP) is 10.9. The second kappa shape index (κ2) is 9.60. The number of aromatic nitrogens is 3. The number of fused-ring (bicyclic) bond motifs is 10. The van der Waals surface area contributed by atoms with Crippen molar-refractivity contribution in [3.8, 4) is 34.2 Å². The van der Waals surface area contributed by atoms with Crippen molar-refractivity contribution in [1.29, 1.82) is 0 Å². The normalized spacial score (nSPS) is 16.6.